The van der Waals surface area contributed by atoms with Crippen LogP contribution in [0.4, 0.5) is 0 Å². The van der Waals surface area contributed by atoms with Gasteiger partial charge in [-0.1, -0.05) is 6.92 Å². The molecular formula is C10H10O2S2. The summed E-state index contributed by atoms with van der Waals surface area (Å²) in [5.41, 5.74) is 0.952. The maximum atomic E-state index is 10.6. The van der Waals surface area contributed by atoms with Crippen LogP contribution in [0.5, 0.6) is 0 Å². The summed E-state index contributed by atoms with van der Waals surface area (Å²) in [6.07, 6.45) is 1.17. The van der Waals surface area contributed by atoms with Gasteiger partial charge in [0, 0.05) is 10.3 Å². The van der Waals surface area contributed by atoms with E-state index in [2.05, 4.69) is 13.0 Å². The number of aryl methyl sites for hydroxylation is 1. The second-order valence-electron chi connectivity index (χ2n) is 3.10. The van der Waals surface area contributed by atoms with E-state index in [1.165, 1.54) is 8.89 Å². The van der Waals surface area contributed by atoms with E-state index in [-0.39, 0.29) is 6.42 Å². The van der Waals surface area contributed by atoms with Crippen LogP contribution >= 0.6 is 22.7 Å². The lowest BCUT2D eigenvalue weighted by Gasteiger charge is -1.90. The normalized spacial score (nSPS) is 10.9. The first kappa shape index (κ1) is 9.68. The van der Waals surface area contributed by atoms with E-state index in [0.717, 1.165) is 17.4 Å². The summed E-state index contributed by atoms with van der Waals surface area (Å²) in [7, 11) is 0. The lowest BCUT2D eigenvalue weighted by molar-refractivity contribution is -0.136. The Morgan fingerprint density at radius 3 is 3.00 bits per heavy atom. The SMILES string of the molecule is CCc1cc2c(CC(=O)O)csc2s1. The number of hydrogen-bond acceptors (Lipinski definition) is 3. The average Bonchev–Trinajstić information content (AvgIpc) is 2.66. The molecule has 14 heavy (non-hydrogen) atoms. The zero-order valence-corrected chi connectivity index (χ0v) is 9.37. The standard InChI is InChI=1S/C10H10O2S2/c1-2-7-4-8-6(3-9(11)12)5-13-10(8)14-7/h4-5H,2-3H2,1H3,(H,11,12). The molecule has 1 N–H and O–H groups in total. The highest BCUT2D eigenvalue weighted by molar-refractivity contribution is 7.37. The van der Waals surface area contributed by atoms with Gasteiger partial charge in [-0.3, -0.25) is 4.79 Å². The number of hydrogen-bond donors (Lipinski definition) is 1. The molecule has 2 nitrogen and oxygen atoms in total. The van der Waals surface area contributed by atoms with Gasteiger partial charge in [-0.2, -0.15) is 0 Å². The van der Waals surface area contributed by atoms with Gasteiger partial charge in [0.05, 0.1) is 10.4 Å². The predicted molar refractivity (Wildman–Crippen MR) is 60.4 cm³/mol. The molecule has 0 atom stereocenters. The van der Waals surface area contributed by atoms with Gasteiger partial charge in [0.15, 0.2) is 0 Å². The maximum absolute atomic E-state index is 10.6. The van der Waals surface area contributed by atoms with Crippen molar-refractivity contribution in [3.8, 4) is 0 Å². The number of carboxylic acid groups (broad SMARTS) is 1. The monoisotopic (exact) mass is 226 g/mol. The maximum Gasteiger partial charge on any atom is 0.307 e. The molecule has 2 heterocycles. The van der Waals surface area contributed by atoms with Crippen molar-refractivity contribution in [1.82, 2.24) is 0 Å². The van der Waals surface area contributed by atoms with E-state index in [4.69, 9.17) is 5.11 Å². The van der Waals surface area contributed by atoms with Crippen LogP contribution in [0.2, 0.25) is 0 Å². The fourth-order valence-corrected chi connectivity index (χ4v) is 3.69. The van der Waals surface area contributed by atoms with Crippen LogP contribution < -0.4 is 0 Å². The van der Waals surface area contributed by atoms with E-state index in [0.29, 0.717) is 0 Å². The summed E-state index contributed by atoms with van der Waals surface area (Å²) in [5.74, 6) is -0.756. The lowest BCUT2D eigenvalue weighted by Crippen LogP contribution is -1.98. The molecule has 74 valence electrons. The number of fused-ring (bicyclic) bond motifs is 1. The van der Waals surface area contributed by atoms with Gasteiger partial charge in [-0.05, 0) is 23.4 Å². The third-order valence-corrected chi connectivity index (χ3v) is 4.54. The van der Waals surface area contributed by atoms with Gasteiger partial charge < -0.3 is 5.11 Å². The van der Waals surface area contributed by atoms with Crippen LogP contribution in [0.3, 0.4) is 0 Å². The van der Waals surface area contributed by atoms with Crippen molar-refractivity contribution in [3.63, 3.8) is 0 Å². The first-order valence-corrected chi connectivity index (χ1v) is 6.11. The summed E-state index contributed by atoms with van der Waals surface area (Å²) in [6, 6.07) is 2.12. The third kappa shape index (κ3) is 1.67. The van der Waals surface area contributed by atoms with Crippen LogP contribution in [0.1, 0.15) is 17.4 Å². The second kappa shape index (κ2) is 3.71. The molecule has 0 aromatic carbocycles. The largest absolute Gasteiger partial charge is 0.481 e. The van der Waals surface area contributed by atoms with Gasteiger partial charge in [0.25, 0.3) is 0 Å². The van der Waals surface area contributed by atoms with E-state index in [1.54, 1.807) is 22.7 Å². The van der Waals surface area contributed by atoms with Gasteiger partial charge in [0.1, 0.15) is 0 Å². The van der Waals surface area contributed by atoms with Crippen molar-refractivity contribution in [2.75, 3.05) is 0 Å². The molecule has 0 aliphatic rings. The summed E-state index contributed by atoms with van der Waals surface area (Å²) < 4.78 is 1.25. The average molecular weight is 226 g/mol. The second-order valence-corrected chi connectivity index (χ2v) is 5.37. The van der Waals surface area contributed by atoms with Gasteiger partial charge in [-0.15, -0.1) is 22.7 Å². The van der Waals surface area contributed by atoms with Gasteiger partial charge in [-0.25, -0.2) is 0 Å². The number of thiophene rings is 2. The molecule has 2 rings (SSSR count). The minimum atomic E-state index is -0.756. The third-order valence-electron chi connectivity index (χ3n) is 2.09. The Hall–Kier alpha value is -0.870. The Bertz CT molecular complexity index is 467. The van der Waals surface area contributed by atoms with Crippen molar-refractivity contribution < 1.29 is 9.90 Å². The Kier molecular flexibility index (Phi) is 2.56. The molecule has 0 bridgehead atoms. The molecule has 0 amide bonds. The van der Waals surface area contributed by atoms with E-state index in [9.17, 15) is 4.79 Å². The Morgan fingerprint density at radius 1 is 1.57 bits per heavy atom. The predicted octanol–water partition coefficient (Wildman–Crippen LogP) is 3.15. The number of rotatable bonds is 3. The van der Waals surface area contributed by atoms with Crippen molar-refractivity contribution >= 4 is 38.0 Å². The highest BCUT2D eigenvalue weighted by Crippen LogP contribution is 2.34. The molecule has 0 radical (unpaired) electrons. The molecule has 0 fully saturated rings. The van der Waals surface area contributed by atoms with Crippen LogP contribution in [-0.2, 0) is 17.6 Å². The highest BCUT2D eigenvalue weighted by Gasteiger charge is 2.10. The molecular weight excluding hydrogens is 216 g/mol. The van der Waals surface area contributed by atoms with Crippen LogP contribution in [0, 0.1) is 0 Å². The van der Waals surface area contributed by atoms with E-state index >= 15 is 0 Å². The number of aliphatic carboxylic acids is 1. The van der Waals surface area contributed by atoms with E-state index in [1.807, 2.05) is 5.38 Å². The van der Waals surface area contributed by atoms with Crippen molar-refractivity contribution in [2.45, 2.75) is 19.8 Å². The van der Waals surface area contributed by atoms with Crippen molar-refractivity contribution in [1.29, 1.82) is 0 Å². The molecule has 2 aromatic rings. The molecule has 0 aliphatic carbocycles. The van der Waals surface area contributed by atoms with Crippen LogP contribution in [0.15, 0.2) is 11.4 Å². The first-order chi connectivity index (χ1) is 6.70. The summed E-state index contributed by atoms with van der Waals surface area (Å²) in [5, 5.41) is 11.8. The minimum Gasteiger partial charge on any atom is -0.481 e. The quantitative estimate of drug-likeness (QED) is 0.873. The topological polar surface area (TPSA) is 37.3 Å². The van der Waals surface area contributed by atoms with E-state index < -0.39 is 5.97 Å². The van der Waals surface area contributed by atoms with Crippen molar-refractivity contribution in [3.05, 3.63) is 21.9 Å². The van der Waals surface area contributed by atoms with Gasteiger partial charge >= 0.3 is 5.97 Å². The molecule has 0 unspecified atom stereocenters. The molecule has 0 saturated carbocycles. The Labute approximate surface area is 89.8 Å². The fourth-order valence-electron chi connectivity index (χ4n) is 1.40. The lowest BCUT2D eigenvalue weighted by atomic mass is 10.2. The fraction of sp³-hybridized carbons (Fsp3) is 0.300. The summed E-state index contributed by atoms with van der Waals surface area (Å²) in [6.45, 7) is 2.12. The first-order valence-electron chi connectivity index (χ1n) is 4.41. The molecule has 0 spiro atoms. The highest BCUT2D eigenvalue weighted by atomic mass is 32.2. The van der Waals surface area contributed by atoms with Crippen LogP contribution in [-0.4, -0.2) is 11.1 Å². The number of carbonyl (C=O) groups is 1. The Balaban J connectivity index is 2.44. The molecule has 0 aliphatic heterocycles. The van der Waals surface area contributed by atoms with Gasteiger partial charge in [0.2, 0.25) is 0 Å². The summed E-state index contributed by atoms with van der Waals surface area (Å²) >= 11 is 3.42. The summed E-state index contributed by atoms with van der Waals surface area (Å²) in [4.78, 5) is 11.9. The Morgan fingerprint density at radius 2 is 2.36 bits per heavy atom. The van der Waals surface area contributed by atoms with Crippen LogP contribution in [0.25, 0.3) is 9.40 Å². The molecule has 2 aromatic heterocycles. The molecule has 4 heteroatoms. The smallest absolute Gasteiger partial charge is 0.307 e. The van der Waals surface area contributed by atoms with Crippen molar-refractivity contribution in [2.24, 2.45) is 0 Å². The number of carboxylic acids is 1. The molecule has 0 saturated heterocycles. The minimum absolute atomic E-state index is 0.139. The zero-order chi connectivity index (χ0) is 10.1. The zero-order valence-electron chi connectivity index (χ0n) is 7.74.